The van der Waals surface area contributed by atoms with E-state index >= 15 is 0 Å². The summed E-state index contributed by atoms with van der Waals surface area (Å²) in [5.41, 5.74) is 14.9. The average Bonchev–Trinajstić information content (AvgIpc) is 3.93. The number of para-hydroxylation sites is 4. The largest absolute Gasteiger partial charge is 0.423 e. The van der Waals surface area contributed by atoms with Crippen molar-refractivity contribution in [1.29, 1.82) is 0 Å². The molecular weight excluding hydrogens is 664 g/mol. The summed E-state index contributed by atoms with van der Waals surface area (Å²) in [6, 6.07) is 15.6. The molecule has 2 aromatic heterocycles. The predicted molar refractivity (Wildman–Crippen MR) is 197 cm³/mol. The van der Waals surface area contributed by atoms with Crippen LogP contribution in [0.3, 0.4) is 0 Å². The molecule has 0 saturated heterocycles. The van der Waals surface area contributed by atoms with Crippen LogP contribution in [-0.2, 0) is 19.2 Å². The molecule has 3 fully saturated rings. The first-order chi connectivity index (χ1) is 25.2. The number of aromatic nitrogens is 2. The Labute approximate surface area is 300 Å². The van der Waals surface area contributed by atoms with Gasteiger partial charge in [0.05, 0.1) is 12.0 Å². The second-order valence-corrected chi connectivity index (χ2v) is 13.4. The number of nitrogens with one attached hydrogen (secondary N) is 2. The van der Waals surface area contributed by atoms with E-state index in [1.807, 2.05) is 42.5 Å². The number of nitrogens with zero attached hydrogens (tertiary/aromatic N) is 4. The highest BCUT2D eigenvalue weighted by atomic mass is 16.4. The number of Topliss-reactive ketones (excluding diaryl/α,β-unsaturated/α-hetero) is 4. The van der Waals surface area contributed by atoms with Crippen molar-refractivity contribution in [1.82, 2.24) is 15.3 Å². The molecule has 3 heterocycles. The average molecular weight is 709 g/mol. The van der Waals surface area contributed by atoms with Crippen LogP contribution in [-0.4, -0.2) is 50.6 Å². The molecule has 0 atom stereocenters. The topological polar surface area (TPSA) is 221 Å². The van der Waals surface area contributed by atoms with E-state index in [1.165, 1.54) is 0 Å². The number of guanidine groups is 2. The Morgan fingerprint density at radius 1 is 0.712 bits per heavy atom. The summed E-state index contributed by atoms with van der Waals surface area (Å²) >= 11 is 0. The van der Waals surface area contributed by atoms with Gasteiger partial charge in [0.1, 0.15) is 28.4 Å². The molecule has 4 aliphatic carbocycles. The van der Waals surface area contributed by atoms with Gasteiger partial charge in [0.2, 0.25) is 5.96 Å². The Hall–Kier alpha value is -5.66. The van der Waals surface area contributed by atoms with Crippen molar-refractivity contribution in [2.45, 2.75) is 102 Å². The zero-order valence-electron chi connectivity index (χ0n) is 29.1. The van der Waals surface area contributed by atoms with Gasteiger partial charge >= 0.3 is 12.0 Å². The van der Waals surface area contributed by atoms with E-state index in [2.05, 4.69) is 25.6 Å². The zero-order chi connectivity index (χ0) is 36.5. The van der Waals surface area contributed by atoms with Crippen LogP contribution < -0.4 is 22.1 Å². The molecule has 0 amide bonds. The third kappa shape index (κ3) is 9.16. The summed E-state index contributed by atoms with van der Waals surface area (Å²) in [7, 11) is 0. The highest BCUT2D eigenvalue weighted by Crippen LogP contribution is 2.45. The molecular formula is C38H44N8O6. The Balaban J connectivity index is 0.000000142. The summed E-state index contributed by atoms with van der Waals surface area (Å²) in [4.78, 5) is 60.8. The van der Waals surface area contributed by atoms with Crippen molar-refractivity contribution in [3.63, 3.8) is 0 Å². The van der Waals surface area contributed by atoms with Gasteiger partial charge in [0.25, 0.3) is 0 Å². The minimum atomic E-state index is -0.355. The Morgan fingerprint density at radius 3 is 1.87 bits per heavy atom. The van der Waals surface area contributed by atoms with Crippen LogP contribution in [0.2, 0.25) is 0 Å². The number of hydrogen-bond donors (Lipinski definition) is 4. The van der Waals surface area contributed by atoms with Gasteiger partial charge in [-0.15, -0.1) is 0 Å². The number of oxazole rings is 2. The Morgan fingerprint density at radius 2 is 1.31 bits per heavy atom. The maximum Gasteiger partial charge on any atom is 0.325 e. The van der Waals surface area contributed by atoms with Gasteiger partial charge in [-0.05, 0) is 69.2 Å². The van der Waals surface area contributed by atoms with Gasteiger partial charge in [-0.25, -0.2) is 4.99 Å². The van der Waals surface area contributed by atoms with Gasteiger partial charge in [-0.2, -0.15) is 15.0 Å². The van der Waals surface area contributed by atoms with Crippen molar-refractivity contribution < 1.29 is 28.0 Å². The highest BCUT2D eigenvalue weighted by molar-refractivity contribution is 6.04. The summed E-state index contributed by atoms with van der Waals surface area (Å²) in [5, 5.41) is 6.51. The van der Waals surface area contributed by atoms with Gasteiger partial charge in [-0.1, -0.05) is 37.1 Å². The third-order valence-corrected chi connectivity index (χ3v) is 9.40. The lowest BCUT2D eigenvalue weighted by molar-refractivity contribution is -0.129. The minimum Gasteiger partial charge on any atom is -0.423 e. The number of hydrogen-bond acceptors (Lipinski definition) is 12. The quantitative estimate of drug-likeness (QED) is 0.106. The van der Waals surface area contributed by atoms with Crippen molar-refractivity contribution >= 4 is 69.3 Å². The monoisotopic (exact) mass is 708 g/mol. The van der Waals surface area contributed by atoms with Crippen LogP contribution in [0.15, 0.2) is 78.6 Å². The number of carbonyl (C=O) groups excluding carboxylic acids is 4. The first-order valence-electron chi connectivity index (χ1n) is 17.9. The highest BCUT2D eigenvalue weighted by Gasteiger charge is 2.45. The van der Waals surface area contributed by atoms with E-state index in [1.54, 1.807) is 6.07 Å². The van der Waals surface area contributed by atoms with Crippen LogP contribution in [0.4, 0.5) is 12.0 Å². The van der Waals surface area contributed by atoms with Gasteiger partial charge < -0.3 is 25.6 Å². The van der Waals surface area contributed by atoms with Crippen molar-refractivity contribution in [2.75, 3.05) is 5.32 Å². The van der Waals surface area contributed by atoms with Crippen LogP contribution in [0, 0.1) is 0 Å². The summed E-state index contributed by atoms with van der Waals surface area (Å²) < 4.78 is 11.0. The first kappa shape index (κ1) is 36.1. The van der Waals surface area contributed by atoms with Crippen LogP contribution >= 0.6 is 0 Å². The summed E-state index contributed by atoms with van der Waals surface area (Å²) in [6.45, 7) is 0. The van der Waals surface area contributed by atoms with E-state index in [9.17, 15) is 19.2 Å². The number of nitrogens with two attached hydrogens (primary N) is 2. The molecule has 52 heavy (non-hydrogen) atoms. The number of fused-ring (bicyclic) bond motifs is 3. The first-order valence-corrected chi connectivity index (χ1v) is 17.9. The fraction of sp³-hybridized carbons (Fsp3) is 0.421. The second kappa shape index (κ2) is 16.6. The SMILES string of the molecule is NC(N)=Nc1nc2ccccc2o1.O=C1CCCC(=O)C1.O=C1CCCC1.O=C1CCCC2=C1C1(CCCC1)N=C(Nc1nc3ccccc3o1)N2. The molecule has 5 aliphatic rings. The lowest BCUT2D eigenvalue weighted by Gasteiger charge is -2.37. The fourth-order valence-electron chi connectivity index (χ4n) is 7.03. The van der Waals surface area contributed by atoms with E-state index in [4.69, 9.17) is 25.3 Å². The number of aliphatic imine (C=N–C) groups is 2. The molecule has 1 aliphatic heterocycles. The van der Waals surface area contributed by atoms with E-state index in [-0.39, 0.29) is 41.3 Å². The van der Waals surface area contributed by atoms with E-state index in [0.717, 1.165) is 98.5 Å². The van der Waals surface area contributed by atoms with Crippen LogP contribution in [0.1, 0.15) is 96.3 Å². The predicted octanol–water partition coefficient (Wildman–Crippen LogP) is 6.08. The molecule has 14 heteroatoms. The molecule has 6 N–H and O–H groups in total. The molecule has 272 valence electrons. The van der Waals surface area contributed by atoms with Gasteiger partial charge in [-0.3, -0.25) is 24.5 Å². The molecule has 4 aromatic rings. The molecule has 9 rings (SSSR count). The molecule has 14 nitrogen and oxygen atoms in total. The fourth-order valence-corrected chi connectivity index (χ4v) is 7.03. The summed E-state index contributed by atoms with van der Waals surface area (Å²) in [6.07, 6.45) is 12.7. The number of rotatable bonds is 2. The number of ketones is 4. The third-order valence-electron chi connectivity index (χ3n) is 9.40. The molecule has 0 radical (unpaired) electrons. The van der Waals surface area contributed by atoms with Crippen molar-refractivity contribution in [3.05, 3.63) is 59.8 Å². The Bertz CT molecular complexity index is 1960. The number of carbonyl (C=O) groups is 4. The maximum absolute atomic E-state index is 12.6. The summed E-state index contributed by atoms with van der Waals surface area (Å²) in [5.74, 6) is 1.52. The van der Waals surface area contributed by atoms with Gasteiger partial charge in [0.15, 0.2) is 22.9 Å². The minimum absolute atomic E-state index is 0.0634. The lowest BCUT2D eigenvalue weighted by Crippen LogP contribution is -2.46. The number of anilines is 1. The standard InChI is InChI=1S/C19H20N4O2.C8H8N4O.C6H8O2.C5H8O/c24-14-8-5-7-13-16(14)19(10-3-4-11-19)23-17(20-13)22-18-21-12-6-1-2-9-15(12)25-18;9-7(10)12-8-11-5-3-1-2-4-6(5)13-8;7-5-2-1-3-6(8)4-5;6-5-3-1-2-4-5/h1-2,6,9H,3-5,7-8,10-11H2,(H2,20,21,22,23);1-4H,(H4,9,10,11,12);1-4H2;1-4H2. The van der Waals surface area contributed by atoms with Crippen LogP contribution in [0.5, 0.6) is 0 Å². The second-order valence-electron chi connectivity index (χ2n) is 13.4. The molecule has 0 bridgehead atoms. The lowest BCUT2D eigenvalue weighted by atomic mass is 9.78. The zero-order valence-corrected chi connectivity index (χ0v) is 29.1. The smallest absolute Gasteiger partial charge is 0.325 e. The normalized spacial score (nSPS) is 19.0. The molecule has 1 spiro atoms. The number of allylic oxidation sites excluding steroid dienone is 1. The Kier molecular flexibility index (Phi) is 11.5. The van der Waals surface area contributed by atoms with Gasteiger partial charge in [0, 0.05) is 43.4 Å². The van der Waals surface area contributed by atoms with E-state index < -0.39 is 0 Å². The van der Waals surface area contributed by atoms with Crippen molar-refractivity contribution in [3.8, 4) is 0 Å². The van der Waals surface area contributed by atoms with E-state index in [0.29, 0.717) is 42.6 Å². The maximum atomic E-state index is 12.6. The molecule has 3 saturated carbocycles. The van der Waals surface area contributed by atoms with Crippen LogP contribution in [0.25, 0.3) is 22.2 Å². The van der Waals surface area contributed by atoms with Crippen molar-refractivity contribution in [2.24, 2.45) is 21.5 Å². The molecule has 0 unspecified atom stereocenters. The molecule has 2 aromatic carbocycles. The number of benzene rings is 2.